The Bertz CT molecular complexity index is 365. The van der Waals surface area contributed by atoms with Crippen molar-refractivity contribution in [3.8, 4) is 0 Å². The summed E-state index contributed by atoms with van der Waals surface area (Å²) in [6.07, 6.45) is 6.96. The van der Waals surface area contributed by atoms with Gasteiger partial charge in [-0.3, -0.25) is 0 Å². The zero-order valence-corrected chi connectivity index (χ0v) is 12.6. The maximum atomic E-state index is 5.82. The van der Waals surface area contributed by atoms with Crippen LogP contribution in [0.3, 0.4) is 0 Å². The Balaban J connectivity index is 2.55. The molecule has 0 saturated carbocycles. The first-order chi connectivity index (χ1) is 9.19. The number of rotatable bonds is 9. The molecule has 0 aromatic carbocycles. The number of nitrogens with zero attached hydrogens (tertiary/aromatic N) is 2. The minimum atomic E-state index is 0.558. The van der Waals surface area contributed by atoms with Crippen LogP contribution in [0.4, 0.5) is 11.6 Å². The van der Waals surface area contributed by atoms with Crippen LogP contribution >= 0.6 is 0 Å². The second-order valence-corrected chi connectivity index (χ2v) is 5.14. The van der Waals surface area contributed by atoms with E-state index in [9.17, 15) is 0 Å². The van der Waals surface area contributed by atoms with Gasteiger partial charge in [0.15, 0.2) is 0 Å². The molecular weight excluding hydrogens is 236 g/mol. The van der Waals surface area contributed by atoms with Crippen molar-refractivity contribution in [2.75, 3.05) is 17.6 Å². The van der Waals surface area contributed by atoms with Crippen molar-refractivity contribution in [3.63, 3.8) is 0 Å². The van der Waals surface area contributed by atoms with Crippen LogP contribution in [0.25, 0.3) is 0 Å². The maximum absolute atomic E-state index is 5.82. The van der Waals surface area contributed by atoms with E-state index in [0.717, 1.165) is 31.0 Å². The molecule has 1 unspecified atom stereocenters. The van der Waals surface area contributed by atoms with Crippen LogP contribution in [-0.2, 0) is 6.42 Å². The van der Waals surface area contributed by atoms with Crippen LogP contribution in [0.5, 0.6) is 0 Å². The van der Waals surface area contributed by atoms with Crippen molar-refractivity contribution < 1.29 is 0 Å². The number of nitrogens with one attached hydrogen (secondary N) is 1. The lowest BCUT2D eigenvalue weighted by Gasteiger charge is -2.16. The van der Waals surface area contributed by atoms with Crippen molar-refractivity contribution in [2.24, 2.45) is 5.92 Å². The molecule has 0 saturated heterocycles. The molecule has 1 aromatic heterocycles. The Hall–Kier alpha value is -1.32. The molecule has 0 bridgehead atoms. The van der Waals surface area contributed by atoms with Gasteiger partial charge in [0.05, 0.1) is 0 Å². The van der Waals surface area contributed by atoms with Crippen molar-refractivity contribution in [3.05, 3.63) is 11.9 Å². The summed E-state index contributed by atoms with van der Waals surface area (Å²) in [7, 11) is 0. The number of nitrogen functional groups attached to an aromatic ring is 1. The molecule has 1 aromatic rings. The van der Waals surface area contributed by atoms with E-state index < -0.39 is 0 Å². The molecule has 4 nitrogen and oxygen atoms in total. The van der Waals surface area contributed by atoms with Crippen LogP contribution in [0, 0.1) is 5.92 Å². The van der Waals surface area contributed by atoms with Crippen LogP contribution < -0.4 is 11.1 Å². The molecule has 0 aliphatic heterocycles. The summed E-state index contributed by atoms with van der Waals surface area (Å²) < 4.78 is 0. The summed E-state index contributed by atoms with van der Waals surface area (Å²) in [4.78, 5) is 8.75. The number of aromatic nitrogens is 2. The molecule has 1 atom stereocenters. The van der Waals surface area contributed by atoms with Crippen LogP contribution in [-0.4, -0.2) is 16.5 Å². The average molecular weight is 264 g/mol. The van der Waals surface area contributed by atoms with E-state index in [1.165, 1.54) is 25.7 Å². The highest BCUT2D eigenvalue weighted by Crippen LogP contribution is 2.15. The molecule has 0 aliphatic rings. The van der Waals surface area contributed by atoms with Crippen LogP contribution in [0.1, 0.15) is 58.7 Å². The van der Waals surface area contributed by atoms with E-state index in [0.29, 0.717) is 11.7 Å². The molecule has 19 heavy (non-hydrogen) atoms. The van der Waals surface area contributed by atoms with Gasteiger partial charge < -0.3 is 11.1 Å². The Morgan fingerprint density at radius 3 is 2.63 bits per heavy atom. The first-order valence-corrected chi connectivity index (χ1v) is 7.56. The highest BCUT2D eigenvalue weighted by atomic mass is 15.0. The van der Waals surface area contributed by atoms with Crippen LogP contribution in [0.2, 0.25) is 0 Å². The molecular formula is C15H28N4. The second-order valence-electron chi connectivity index (χ2n) is 5.14. The highest BCUT2D eigenvalue weighted by molar-refractivity contribution is 5.44. The fourth-order valence-corrected chi connectivity index (χ4v) is 2.14. The third-order valence-electron chi connectivity index (χ3n) is 3.38. The third-order valence-corrected chi connectivity index (χ3v) is 3.38. The fraction of sp³-hybridized carbons (Fsp3) is 0.733. The Morgan fingerprint density at radius 1 is 1.21 bits per heavy atom. The van der Waals surface area contributed by atoms with E-state index in [1.807, 2.05) is 6.07 Å². The average Bonchev–Trinajstić information content (AvgIpc) is 2.39. The predicted octanol–water partition coefficient (Wildman–Crippen LogP) is 3.64. The highest BCUT2D eigenvalue weighted by Gasteiger charge is 2.07. The standard InChI is InChI=1S/C15H28N4/c1-4-7-9-12(6-3)11-17-15-10-13(16)18-14(19-15)8-5-2/h10,12H,4-9,11H2,1-3H3,(H3,16,17,18,19). The van der Waals surface area contributed by atoms with Gasteiger partial charge in [-0.15, -0.1) is 0 Å². The summed E-state index contributed by atoms with van der Waals surface area (Å²) in [6.45, 7) is 7.58. The van der Waals surface area contributed by atoms with E-state index in [1.54, 1.807) is 0 Å². The molecule has 0 amide bonds. The van der Waals surface area contributed by atoms with Crippen molar-refractivity contribution >= 4 is 11.6 Å². The molecule has 0 radical (unpaired) electrons. The lowest BCUT2D eigenvalue weighted by Crippen LogP contribution is -2.15. The van der Waals surface area contributed by atoms with Gasteiger partial charge in [0, 0.05) is 19.0 Å². The molecule has 1 rings (SSSR count). The zero-order chi connectivity index (χ0) is 14.1. The Morgan fingerprint density at radius 2 is 2.00 bits per heavy atom. The normalized spacial score (nSPS) is 12.4. The molecule has 3 N–H and O–H groups in total. The van der Waals surface area contributed by atoms with Gasteiger partial charge in [-0.1, -0.05) is 40.0 Å². The number of aryl methyl sites for hydroxylation is 1. The molecule has 108 valence electrons. The summed E-state index contributed by atoms with van der Waals surface area (Å²) in [5, 5.41) is 3.41. The number of unbranched alkanes of at least 4 members (excludes halogenated alkanes) is 1. The maximum Gasteiger partial charge on any atom is 0.133 e. The zero-order valence-electron chi connectivity index (χ0n) is 12.6. The first-order valence-electron chi connectivity index (χ1n) is 7.56. The minimum Gasteiger partial charge on any atom is -0.384 e. The van der Waals surface area contributed by atoms with Gasteiger partial charge >= 0.3 is 0 Å². The second kappa shape index (κ2) is 8.73. The van der Waals surface area contributed by atoms with E-state index in [-0.39, 0.29) is 0 Å². The molecule has 0 aliphatic carbocycles. The first kappa shape index (κ1) is 15.7. The smallest absolute Gasteiger partial charge is 0.133 e. The lowest BCUT2D eigenvalue weighted by molar-refractivity contribution is 0.472. The minimum absolute atomic E-state index is 0.558. The quantitative estimate of drug-likeness (QED) is 0.714. The van der Waals surface area contributed by atoms with E-state index in [4.69, 9.17) is 5.73 Å². The van der Waals surface area contributed by atoms with Gasteiger partial charge in [-0.05, 0) is 18.8 Å². The van der Waals surface area contributed by atoms with Crippen LogP contribution in [0.15, 0.2) is 6.07 Å². The monoisotopic (exact) mass is 264 g/mol. The Labute approximate surface area is 117 Å². The van der Waals surface area contributed by atoms with E-state index in [2.05, 4.69) is 36.1 Å². The number of hydrogen-bond acceptors (Lipinski definition) is 4. The molecule has 1 heterocycles. The number of nitrogens with two attached hydrogens (primary N) is 1. The third kappa shape index (κ3) is 5.90. The van der Waals surface area contributed by atoms with Crippen molar-refractivity contribution in [1.29, 1.82) is 0 Å². The van der Waals surface area contributed by atoms with Gasteiger partial charge in [0.1, 0.15) is 17.5 Å². The Kier molecular flexibility index (Phi) is 7.23. The van der Waals surface area contributed by atoms with Gasteiger partial charge in [0.2, 0.25) is 0 Å². The summed E-state index contributed by atoms with van der Waals surface area (Å²) in [6, 6.07) is 1.83. The van der Waals surface area contributed by atoms with E-state index >= 15 is 0 Å². The summed E-state index contributed by atoms with van der Waals surface area (Å²) >= 11 is 0. The number of anilines is 2. The molecule has 4 heteroatoms. The van der Waals surface area contributed by atoms with Crippen molar-refractivity contribution in [1.82, 2.24) is 9.97 Å². The predicted molar refractivity (Wildman–Crippen MR) is 82.2 cm³/mol. The van der Waals surface area contributed by atoms with Gasteiger partial charge in [-0.2, -0.15) is 0 Å². The number of hydrogen-bond donors (Lipinski definition) is 2. The summed E-state index contributed by atoms with van der Waals surface area (Å²) in [5.74, 6) is 2.98. The van der Waals surface area contributed by atoms with Crippen molar-refractivity contribution in [2.45, 2.75) is 59.3 Å². The molecule has 0 fully saturated rings. The van der Waals surface area contributed by atoms with Gasteiger partial charge in [-0.25, -0.2) is 9.97 Å². The lowest BCUT2D eigenvalue weighted by atomic mass is 9.99. The van der Waals surface area contributed by atoms with Gasteiger partial charge in [0.25, 0.3) is 0 Å². The summed E-state index contributed by atoms with van der Waals surface area (Å²) in [5.41, 5.74) is 5.82. The molecule has 0 spiro atoms. The fourth-order valence-electron chi connectivity index (χ4n) is 2.14. The largest absolute Gasteiger partial charge is 0.384 e. The topological polar surface area (TPSA) is 63.8 Å². The SMILES string of the molecule is CCCCC(CC)CNc1cc(N)nc(CCC)n1.